The maximum Gasteiger partial charge on any atom is 0.261 e. The summed E-state index contributed by atoms with van der Waals surface area (Å²) in [5.41, 5.74) is 1.01. The van der Waals surface area contributed by atoms with Crippen molar-refractivity contribution in [2.45, 2.75) is 26.2 Å². The number of amides is 1. The first-order valence-corrected chi connectivity index (χ1v) is 11.1. The zero-order valence-electron chi connectivity index (χ0n) is 16.9. The lowest BCUT2D eigenvalue weighted by atomic mass is 10.1. The van der Waals surface area contributed by atoms with E-state index in [0.29, 0.717) is 0 Å². The Morgan fingerprint density at radius 2 is 1.89 bits per heavy atom. The molecule has 2 fully saturated rings. The third-order valence-electron chi connectivity index (χ3n) is 5.85. The molecule has 0 radical (unpaired) electrons. The number of likely N-dealkylation sites (tertiary alicyclic amines) is 1. The van der Waals surface area contributed by atoms with Gasteiger partial charge in [-0.2, -0.15) is 0 Å². The number of aromatic nitrogens is 2. The van der Waals surface area contributed by atoms with Crippen LogP contribution in [0.15, 0.2) is 6.33 Å². The van der Waals surface area contributed by atoms with Gasteiger partial charge >= 0.3 is 0 Å². The SMILES string of the molecule is Cc1c(C(=O)NCCCN2CCCC2)sc2ncnc(N3CCN(C)CC3)c12. The van der Waals surface area contributed by atoms with E-state index in [1.165, 1.54) is 37.3 Å². The van der Waals surface area contributed by atoms with Gasteiger partial charge in [0.15, 0.2) is 0 Å². The van der Waals surface area contributed by atoms with Gasteiger partial charge in [-0.1, -0.05) is 0 Å². The molecule has 0 atom stereocenters. The summed E-state index contributed by atoms with van der Waals surface area (Å²) in [6, 6.07) is 0. The van der Waals surface area contributed by atoms with Gasteiger partial charge in [0.1, 0.15) is 17.0 Å². The highest BCUT2D eigenvalue weighted by molar-refractivity contribution is 7.20. The predicted molar refractivity (Wildman–Crippen MR) is 114 cm³/mol. The zero-order valence-corrected chi connectivity index (χ0v) is 17.7. The first-order valence-electron chi connectivity index (χ1n) is 10.3. The Kier molecular flexibility index (Phi) is 6.08. The van der Waals surface area contributed by atoms with Gasteiger partial charge in [0.2, 0.25) is 0 Å². The number of likely N-dealkylation sites (N-methyl/N-ethyl adjacent to an activating group) is 1. The number of aryl methyl sites for hydroxylation is 1. The third kappa shape index (κ3) is 4.14. The first kappa shape index (κ1) is 19.5. The molecule has 2 aromatic rings. The molecule has 4 rings (SSSR count). The van der Waals surface area contributed by atoms with E-state index in [-0.39, 0.29) is 5.91 Å². The van der Waals surface area contributed by atoms with Crippen LogP contribution < -0.4 is 10.2 Å². The van der Waals surface area contributed by atoms with E-state index in [1.807, 2.05) is 6.92 Å². The Bertz CT molecular complexity index is 823. The van der Waals surface area contributed by atoms with Crippen LogP contribution in [-0.2, 0) is 0 Å². The molecule has 2 saturated heterocycles. The van der Waals surface area contributed by atoms with Crippen LogP contribution in [0.5, 0.6) is 0 Å². The van der Waals surface area contributed by atoms with Gasteiger partial charge in [-0.15, -0.1) is 11.3 Å². The van der Waals surface area contributed by atoms with E-state index in [2.05, 4.69) is 37.0 Å². The molecular weight excluding hydrogens is 372 g/mol. The second-order valence-electron chi connectivity index (χ2n) is 7.88. The molecule has 1 amide bonds. The monoisotopic (exact) mass is 402 g/mol. The summed E-state index contributed by atoms with van der Waals surface area (Å²) in [5, 5.41) is 4.15. The number of piperazine rings is 1. The molecule has 4 heterocycles. The maximum absolute atomic E-state index is 12.8. The average molecular weight is 403 g/mol. The van der Waals surface area contributed by atoms with Crippen LogP contribution in [-0.4, -0.2) is 85.1 Å². The van der Waals surface area contributed by atoms with Crippen LogP contribution in [0, 0.1) is 6.92 Å². The molecule has 152 valence electrons. The third-order valence-corrected chi connectivity index (χ3v) is 7.05. The minimum atomic E-state index is 0.0197. The van der Waals surface area contributed by atoms with Crippen LogP contribution >= 0.6 is 11.3 Å². The summed E-state index contributed by atoms with van der Waals surface area (Å²) >= 11 is 1.48. The van der Waals surface area contributed by atoms with Crippen molar-refractivity contribution >= 4 is 33.3 Å². The number of rotatable bonds is 6. The van der Waals surface area contributed by atoms with Crippen LogP contribution in [0.25, 0.3) is 10.2 Å². The smallest absolute Gasteiger partial charge is 0.261 e. The first-order chi connectivity index (χ1) is 13.6. The van der Waals surface area contributed by atoms with E-state index in [9.17, 15) is 4.79 Å². The minimum absolute atomic E-state index is 0.0197. The lowest BCUT2D eigenvalue weighted by Gasteiger charge is -2.33. The van der Waals surface area contributed by atoms with Gasteiger partial charge < -0.3 is 20.0 Å². The normalized spacial score (nSPS) is 18.9. The number of nitrogens with one attached hydrogen (secondary N) is 1. The van der Waals surface area contributed by atoms with Gasteiger partial charge in [0.05, 0.1) is 10.3 Å². The molecule has 2 aliphatic rings. The van der Waals surface area contributed by atoms with Crippen LogP contribution in [0.2, 0.25) is 0 Å². The highest BCUT2D eigenvalue weighted by Gasteiger charge is 2.23. The van der Waals surface area contributed by atoms with Gasteiger partial charge in [-0.3, -0.25) is 4.79 Å². The summed E-state index contributed by atoms with van der Waals surface area (Å²) in [5.74, 6) is 0.992. The zero-order chi connectivity index (χ0) is 19.5. The Hall–Kier alpha value is -1.77. The van der Waals surface area contributed by atoms with Crippen LogP contribution in [0.4, 0.5) is 5.82 Å². The Balaban J connectivity index is 1.44. The summed E-state index contributed by atoms with van der Waals surface area (Å²) < 4.78 is 0. The fourth-order valence-corrected chi connectivity index (χ4v) is 5.18. The molecule has 0 saturated carbocycles. The van der Waals surface area contributed by atoms with E-state index >= 15 is 0 Å². The Morgan fingerprint density at radius 3 is 2.64 bits per heavy atom. The van der Waals surface area contributed by atoms with Gasteiger partial charge in [-0.05, 0) is 58.4 Å². The quantitative estimate of drug-likeness (QED) is 0.746. The van der Waals surface area contributed by atoms with Gasteiger partial charge in [-0.25, -0.2) is 9.97 Å². The topological polar surface area (TPSA) is 64.6 Å². The number of fused-ring (bicyclic) bond motifs is 1. The number of hydrogen-bond donors (Lipinski definition) is 1. The van der Waals surface area contributed by atoms with Gasteiger partial charge in [0.25, 0.3) is 5.91 Å². The summed E-state index contributed by atoms with van der Waals surface area (Å²) in [7, 11) is 2.15. The molecule has 0 unspecified atom stereocenters. The second-order valence-corrected chi connectivity index (χ2v) is 8.88. The van der Waals surface area contributed by atoms with E-state index in [0.717, 1.165) is 72.2 Å². The van der Waals surface area contributed by atoms with E-state index in [4.69, 9.17) is 0 Å². The summed E-state index contributed by atoms with van der Waals surface area (Å²) in [4.78, 5) is 30.6. The van der Waals surface area contributed by atoms with Crippen LogP contribution in [0.3, 0.4) is 0 Å². The van der Waals surface area contributed by atoms with E-state index < -0.39 is 0 Å². The molecule has 1 N–H and O–H groups in total. The van der Waals surface area contributed by atoms with Crippen molar-refractivity contribution in [2.24, 2.45) is 0 Å². The molecule has 0 aliphatic carbocycles. The molecule has 0 spiro atoms. The maximum atomic E-state index is 12.8. The summed E-state index contributed by atoms with van der Waals surface area (Å²) in [6.07, 6.45) is 5.25. The van der Waals surface area contributed by atoms with Gasteiger partial charge in [0, 0.05) is 32.7 Å². The lowest BCUT2D eigenvalue weighted by Crippen LogP contribution is -2.44. The molecule has 7 nitrogen and oxygen atoms in total. The second kappa shape index (κ2) is 8.71. The predicted octanol–water partition coefficient (Wildman–Crippen LogP) is 1.97. The fraction of sp³-hybridized carbons (Fsp3) is 0.650. The molecule has 2 aliphatic heterocycles. The number of anilines is 1. The fourth-order valence-electron chi connectivity index (χ4n) is 4.12. The Morgan fingerprint density at radius 1 is 1.14 bits per heavy atom. The average Bonchev–Trinajstić information content (AvgIpc) is 3.34. The molecule has 8 heteroatoms. The van der Waals surface area contributed by atoms with E-state index in [1.54, 1.807) is 6.33 Å². The largest absolute Gasteiger partial charge is 0.353 e. The van der Waals surface area contributed by atoms with Crippen molar-refractivity contribution in [3.8, 4) is 0 Å². The molecule has 28 heavy (non-hydrogen) atoms. The van der Waals surface area contributed by atoms with Crippen molar-refractivity contribution in [3.05, 3.63) is 16.8 Å². The molecular formula is C20H30N6OS. The minimum Gasteiger partial charge on any atom is -0.353 e. The number of nitrogens with zero attached hydrogens (tertiary/aromatic N) is 5. The number of carbonyl (C=O) groups excluding carboxylic acids is 1. The molecule has 2 aromatic heterocycles. The van der Waals surface area contributed by atoms with Crippen molar-refractivity contribution in [1.29, 1.82) is 0 Å². The lowest BCUT2D eigenvalue weighted by molar-refractivity contribution is 0.0955. The van der Waals surface area contributed by atoms with Crippen LogP contribution in [0.1, 0.15) is 34.5 Å². The number of thiophene rings is 1. The Labute approximate surface area is 170 Å². The van der Waals surface area contributed by atoms with Crippen molar-refractivity contribution in [2.75, 3.05) is 64.3 Å². The molecule has 0 bridgehead atoms. The van der Waals surface area contributed by atoms with Crippen molar-refractivity contribution in [1.82, 2.24) is 25.1 Å². The highest BCUT2D eigenvalue weighted by atomic mass is 32.1. The van der Waals surface area contributed by atoms with Crippen molar-refractivity contribution in [3.63, 3.8) is 0 Å². The summed E-state index contributed by atoms with van der Waals surface area (Å²) in [6.45, 7) is 10.2. The number of carbonyl (C=O) groups is 1. The highest BCUT2D eigenvalue weighted by Crippen LogP contribution is 2.35. The molecule has 0 aromatic carbocycles. The van der Waals surface area contributed by atoms with Crippen molar-refractivity contribution < 1.29 is 4.79 Å². The number of hydrogen-bond acceptors (Lipinski definition) is 7. The standard InChI is InChI=1S/C20H30N6OS/c1-15-16-18(26-12-10-24(2)11-13-26)22-14-23-20(16)28-17(15)19(27)21-6-5-9-25-7-3-4-8-25/h14H,3-13H2,1-2H3,(H,21,27).